The van der Waals surface area contributed by atoms with Gasteiger partial charge in [0.25, 0.3) is 0 Å². The van der Waals surface area contributed by atoms with Crippen LogP contribution in [0, 0.1) is 5.92 Å². The Balaban J connectivity index is 1.73. The Morgan fingerprint density at radius 3 is 2.08 bits per heavy atom. The average molecular weight is 339 g/mol. The summed E-state index contributed by atoms with van der Waals surface area (Å²) in [7, 11) is 1.79. The van der Waals surface area contributed by atoms with Gasteiger partial charge in [0.05, 0.1) is 13.2 Å². The predicted octanol–water partition coefficient (Wildman–Crippen LogP) is 3.72. The van der Waals surface area contributed by atoms with Crippen molar-refractivity contribution in [3.05, 3.63) is 71.3 Å². The maximum Gasteiger partial charge on any atom is 0.191 e. The monoisotopic (exact) mass is 339 g/mol. The topological polar surface area (TPSA) is 45.7 Å². The van der Waals surface area contributed by atoms with E-state index in [1.165, 1.54) is 16.7 Å². The van der Waals surface area contributed by atoms with Gasteiger partial charge in [-0.3, -0.25) is 4.99 Å². The van der Waals surface area contributed by atoms with Gasteiger partial charge in [-0.05, 0) is 22.6 Å². The molecule has 4 nitrogen and oxygen atoms in total. The highest BCUT2D eigenvalue weighted by Gasteiger charge is 2.01. The molecule has 25 heavy (non-hydrogen) atoms. The first-order chi connectivity index (χ1) is 12.2. The summed E-state index contributed by atoms with van der Waals surface area (Å²) in [5.41, 5.74) is 3.60. The zero-order valence-corrected chi connectivity index (χ0v) is 15.5. The lowest BCUT2D eigenvalue weighted by molar-refractivity contribution is 0.107. The number of guanidine groups is 1. The van der Waals surface area contributed by atoms with E-state index in [9.17, 15) is 0 Å². The van der Waals surface area contributed by atoms with E-state index in [0.29, 0.717) is 19.1 Å². The van der Waals surface area contributed by atoms with Crippen molar-refractivity contribution in [2.24, 2.45) is 10.9 Å². The molecule has 0 saturated carbocycles. The van der Waals surface area contributed by atoms with E-state index in [4.69, 9.17) is 4.74 Å². The molecule has 0 aliphatic heterocycles. The molecule has 0 saturated heterocycles. The summed E-state index contributed by atoms with van der Waals surface area (Å²) in [6, 6.07) is 18.7. The quantitative estimate of drug-likeness (QED) is 0.569. The number of ether oxygens (including phenoxy) is 1. The highest BCUT2D eigenvalue weighted by Crippen LogP contribution is 2.08. The zero-order chi connectivity index (χ0) is 17.9. The summed E-state index contributed by atoms with van der Waals surface area (Å²) < 4.78 is 5.77. The van der Waals surface area contributed by atoms with Crippen molar-refractivity contribution >= 4 is 5.96 Å². The van der Waals surface area contributed by atoms with Crippen LogP contribution in [0.15, 0.2) is 59.6 Å². The van der Waals surface area contributed by atoms with Crippen LogP contribution in [0.5, 0.6) is 0 Å². The Bertz CT molecular complexity index is 636. The van der Waals surface area contributed by atoms with Crippen molar-refractivity contribution in [3.63, 3.8) is 0 Å². The summed E-state index contributed by atoms with van der Waals surface area (Å²) in [5, 5.41) is 6.65. The molecular weight excluding hydrogens is 310 g/mol. The van der Waals surface area contributed by atoms with Gasteiger partial charge in [-0.15, -0.1) is 0 Å². The zero-order valence-electron chi connectivity index (χ0n) is 15.5. The summed E-state index contributed by atoms with van der Waals surface area (Å²) in [4.78, 5) is 4.24. The Hall–Kier alpha value is -2.33. The lowest BCUT2D eigenvalue weighted by Crippen LogP contribution is -2.38. The smallest absolute Gasteiger partial charge is 0.191 e. The third kappa shape index (κ3) is 7.40. The first-order valence-electron chi connectivity index (χ1n) is 8.81. The molecule has 2 N–H and O–H groups in total. The Labute approximate surface area is 151 Å². The average Bonchev–Trinajstić information content (AvgIpc) is 2.64. The lowest BCUT2D eigenvalue weighted by Gasteiger charge is -2.13. The minimum atomic E-state index is 0.591. The third-order valence-electron chi connectivity index (χ3n) is 3.76. The Morgan fingerprint density at radius 1 is 0.880 bits per heavy atom. The highest BCUT2D eigenvalue weighted by atomic mass is 16.5. The van der Waals surface area contributed by atoms with Crippen LogP contribution in [0.4, 0.5) is 0 Å². The standard InChI is InChI=1S/C21H29N3O/c1-17(2)13-23-21(22-3)24-14-18-9-11-20(12-10-18)16-25-15-19-7-5-4-6-8-19/h4-12,17H,13-16H2,1-3H3,(H2,22,23,24). The second kappa shape index (κ2) is 10.5. The van der Waals surface area contributed by atoms with Crippen LogP contribution in [0.1, 0.15) is 30.5 Å². The fraction of sp³-hybridized carbons (Fsp3) is 0.381. The molecule has 4 heteroatoms. The second-order valence-electron chi connectivity index (χ2n) is 6.50. The number of hydrogen-bond acceptors (Lipinski definition) is 2. The van der Waals surface area contributed by atoms with E-state index in [0.717, 1.165) is 19.0 Å². The fourth-order valence-electron chi connectivity index (χ4n) is 2.32. The number of rotatable bonds is 8. The molecule has 0 fully saturated rings. The molecule has 0 amide bonds. The predicted molar refractivity (Wildman–Crippen MR) is 104 cm³/mol. The maximum atomic E-state index is 5.77. The van der Waals surface area contributed by atoms with Crippen molar-refractivity contribution in [1.29, 1.82) is 0 Å². The van der Waals surface area contributed by atoms with Crippen LogP contribution in [0.25, 0.3) is 0 Å². The van der Waals surface area contributed by atoms with E-state index >= 15 is 0 Å². The van der Waals surface area contributed by atoms with E-state index in [1.807, 2.05) is 18.2 Å². The highest BCUT2D eigenvalue weighted by molar-refractivity contribution is 5.79. The number of benzene rings is 2. The van der Waals surface area contributed by atoms with Gasteiger partial charge in [-0.25, -0.2) is 0 Å². The summed E-state index contributed by atoms with van der Waals surface area (Å²) >= 11 is 0. The second-order valence-corrected chi connectivity index (χ2v) is 6.50. The molecule has 2 rings (SSSR count). The largest absolute Gasteiger partial charge is 0.372 e. The van der Waals surface area contributed by atoms with Crippen molar-refractivity contribution in [2.75, 3.05) is 13.6 Å². The maximum absolute atomic E-state index is 5.77. The SMILES string of the molecule is CN=C(NCc1ccc(COCc2ccccc2)cc1)NCC(C)C. The molecule has 0 heterocycles. The molecule has 0 bridgehead atoms. The minimum absolute atomic E-state index is 0.591. The summed E-state index contributed by atoms with van der Waals surface area (Å²) in [5.74, 6) is 1.43. The Morgan fingerprint density at radius 2 is 1.48 bits per heavy atom. The van der Waals surface area contributed by atoms with Gasteiger partial charge < -0.3 is 15.4 Å². The van der Waals surface area contributed by atoms with Crippen LogP contribution in [0.2, 0.25) is 0 Å². The van der Waals surface area contributed by atoms with Gasteiger partial charge in [-0.1, -0.05) is 68.4 Å². The Kier molecular flexibility index (Phi) is 7.99. The number of hydrogen-bond donors (Lipinski definition) is 2. The molecule has 0 aliphatic rings. The molecular formula is C21H29N3O. The van der Waals surface area contributed by atoms with Crippen molar-refractivity contribution in [2.45, 2.75) is 33.6 Å². The van der Waals surface area contributed by atoms with E-state index in [-0.39, 0.29) is 0 Å². The van der Waals surface area contributed by atoms with Gasteiger partial charge in [0, 0.05) is 20.1 Å². The molecule has 0 aliphatic carbocycles. The van der Waals surface area contributed by atoms with Gasteiger partial charge in [0.15, 0.2) is 5.96 Å². The fourth-order valence-corrected chi connectivity index (χ4v) is 2.32. The van der Waals surface area contributed by atoms with Crippen molar-refractivity contribution in [1.82, 2.24) is 10.6 Å². The number of nitrogens with one attached hydrogen (secondary N) is 2. The molecule has 0 spiro atoms. The van der Waals surface area contributed by atoms with Crippen molar-refractivity contribution in [3.8, 4) is 0 Å². The molecule has 0 aromatic heterocycles. The first kappa shape index (κ1) is 19.0. The molecule has 0 unspecified atom stereocenters. The first-order valence-corrected chi connectivity index (χ1v) is 8.81. The van der Waals surface area contributed by atoms with E-state index in [2.05, 4.69) is 65.9 Å². The summed E-state index contributed by atoms with van der Waals surface area (Å²) in [6.07, 6.45) is 0. The number of aliphatic imine (C=N–C) groups is 1. The molecule has 134 valence electrons. The van der Waals surface area contributed by atoms with Gasteiger partial charge >= 0.3 is 0 Å². The van der Waals surface area contributed by atoms with Crippen LogP contribution >= 0.6 is 0 Å². The van der Waals surface area contributed by atoms with Gasteiger partial charge in [-0.2, -0.15) is 0 Å². The van der Waals surface area contributed by atoms with Gasteiger partial charge in [0.2, 0.25) is 0 Å². The molecule has 0 atom stereocenters. The van der Waals surface area contributed by atoms with Gasteiger partial charge in [0.1, 0.15) is 0 Å². The van der Waals surface area contributed by atoms with Crippen LogP contribution in [-0.2, 0) is 24.5 Å². The van der Waals surface area contributed by atoms with E-state index < -0.39 is 0 Å². The van der Waals surface area contributed by atoms with Crippen LogP contribution < -0.4 is 10.6 Å². The minimum Gasteiger partial charge on any atom is -0.372 e. The third-order valence-corrected chi connectivity index (χ3v) is 3.76. The van der Waals surface area contributed by atoms with Crippen molar-refractivity contribution < 1.29 is 4.74 Å². The molecule has 2 aromatic rings. The molecule has 2 aromatic carbocycles. The number of nitrogens with zero attached hydrogens (tertiary/aromatic N) is 1. The van der Waals surface area contributed by atoms with E-state index in [1.54, 1.807) is 7.05 Å². The molecule has 0 radical (unpaired) electrons. The normalized spacial score (nSPS) is 11.6. The van der Waals surface area contributed by atoms with Crippen LogP contribution in [-0.4, -0.2) is 19.6 Å². The lowest BCUT2D eigenvalue weighted by atomic mass is 10.1. The summed E-state index contributed by atoms with van der Waals surface area (Å²) in [6.45, 7) is 7.29. The van der Waals surface area contributed by atoms with Crippen LogP contribution in [0.3, 0.4) is 0 Å².